The topological polar surface area (TPSA) is 43.1 Å². The molecule has 0 atom stereocenters. The van der Waals surface area contributed by atoms with Gasteiger partial charge in [0.15, 0.2) is 5.78 Å². The molecule has 2 rings (SSSR count). The molecule has 0 aliphatic heterocycles. The third-order valence-electron chi connectivity index (χ3n) is 3.77. The second-order valence-corrected chi connectivity index (χ2v) is 9.74. The van der Waals surface area contributed by atoms with Gasteiger partial charge in [-0.05, 0) is 19.0 Å². The largest absolute Gasteiger partial charge is 0.402 e. The zero-order valence-electron chi connectivity index (χ0n) is 12.5. The van der Waals surface area contributed by atoms with Gasteiger partial charge in [-0.1, -0.05) is 77.6 Å². The Balaban J connectivity index is 2.48. The summed E-state index contributed by atoms with van der Waals surface area (Å²) in [7, 11) is -1.98. The van der Waals surface area contributed by atoms with Gasteiger partial charge in [-0.2, -0.15) is 0 Å². The molecule has 0 radical (unpaired) electrons. The minimum absolute atomic E-state index is 0.00460. The van der Waals surface area contributed by atoms with Gasteiger partial charge in [0.2, 0.25) is 0 Å². The number of nitrogens with two attached hydrogens (primary N) is 1. The molecule has 0 spiro atoms. The van der Waals surface area contributed by atoms with Crippen LogP contribution in [0.2, 0.25) is 12.6 Å². The summed E-state index contributed by atoms with van der Waals surface area (Å²) in [6.07, 6.45) is 1.55. The van der Waals surface area contributed by atoms with E-state index in [1.54, 1.807) is 6.08 Å². The van der Waals surface area contributed by atoms with E-state index in [1.165, 1.54) is 17.3 Å². The number of allylic oxidation sites excluding steroid dienone is 2. The Morgan fingerprint density at radius 1 is 1.00 bits per heavy atom. The first-order valence-corrected chi connectivity index (χ1v) is 9.81. The van der Waals surface area contributed by atoms with Gasteiger partial charge in [-0.3, -0.25) is 4.79 Å². The van der Waals surface area contributed by atoms with Crippen molar-refractivity contribution >= 4 is 24.2 Å². The lowest BCUT2D eigenvalue weighted by Gasteiger charge is -2.29. The molecule has 0 saturated heterocycles. The number of ketones is 1. The molecule has 21 heavy (non-hydrogen) atoms. The van der Waals surface area contributed by atoms with Gasteiger partial charge in [0.1, 0.15) is 8.07 Å². The summed E-state index contributed by atoms with van der Waals surface area (Å²) >= 11 is 0. The lowest BCUT2D eigenvalue weighted by atomic mass is 10.3. The van der Waals surface area contributed by atoms with Crippen LogP contribution in [-0.2, 0) is 4.79 Å². The second kappa shape index (κ2) is 6.55. The van der Waals surface area contributed by atoms with E-state index in [1.807, 2.05) is 12.1 Å². The Hall–Kier alpha value is -2.13. The van der Waals surface area contributed by atoms with Crippen LogP contribution in [0, 0.1) is 0 Å². The number of carbonyl (C=O) groups excluding carboxylic acids is 1. The van der Waals surface area contributed by atoms with Gasteiger partial charge in [-0.25, -0.2) is 0 Å². The Kier molecular flexibility index (Phi) is 4.76. The fraction of sp³-hybridized carbons (Fsp3) is 0.167. The second-order valence-electron chi connectivity index (χ2n) is 5.57. The maximum absolute atomic E-state index is 11.3. The molecule has 0 amide bonds. The fourth-order valence-electron chi connectivity index (χ4n) is 2.70. The highest BCUT2D eigenvalue weighted by Gasteiger charge is 2.32. The molecule has 0 aliphatic rings. The van der Waals surface area contributed by atoms with Crippen LogP contribution in [-0.4, -0.2) is 13.9 Å². The SMILES string of the molecule is CC(=O)/C=C(/N)C[Si](C)(c1ccccc1)c1ccccc1. The van der Waals surface area contributed by atoms with E-state index in [0.29, 0.717) is 5.70 Å². The molecule has 2 nitrogen and oxygen atoms in total. The molecule has 3 heteroatoms. The average Bonchev–Trinajstić information content (AvgIpc) is 2.48. The molecule has 2 aromatic rings. The number of carbonyl (C=O) groups is 1. The van der Waals surface area contributed by atoms with Crippen LogP contribution >= 0.6 is 0 Å². The van der Waals surface area contributed by atoms with E-state index >= 15 is 0 Å². The summed E-state index contributed by atoms with van der Waals surface area (Å²) in [5, 5.41) is 2.66. The van der Waals surface area contributed by atoms with E-state index < -0.39 is 8.07 Å². The highest BCUT2D eigenvalue weighted by atomic mass is 28.3. The molecular formula is C18H21NOSi. The van der Waals surface area contributed by atoms with Crippen molar-refractivity contribution in [2.24, 2.45) is 5.73 Å². The summed E-state index contributed by atoms with van der Waals surface area (Å²) in [5.41, 5.74) is 6.78. The van der Waals surface area contributed by atoms with Gasteiger partial charge in [-0.15, -0.1) is 0 Å². The quantitative estimate of drug-likeness (QED) is 0.679. The minimum atomic E-state index is -1.98. The van der Waals surface area contributed by atoms with Gasteiger partial charge >= 0.3 is 0 Å². The van der Waals surface area contributed by atoms with Crippen molar-refractivity contribution < 1.29 is 4.79 Å². The van der Waals surface area contributed by atoms with Gasteiger partial charge < -0.3 is 5.73 Å². The molecule has 108 valence electrons. The Labute approximate surface area is 127 Å². The lowest BCUT2D eigenvalue weighted by molar-refractivity contribution is -0.112. The Morgan fingerprint density at radius 3 is 1.81 bits per heavy atom. The van der Waals surface area contributed by atoms with Crippen molar-refractivity contribution in [1.82, 2.24) is 0 Å². The first-order chi connectivity index (χ1) is 10.0. The van der Waals surface area contributed by atoms with E-state index in [-0.39, 0.29) is 5.78 Å². The van der Waals surface area contributed by atoms with Crippen molar-refractivity contribution in [3.05, 3.63) is 72.4 Å². The highest BCUT2D eigenvalue weighted by molar-refractivity contribution is 7.01. The van der Waals surface area contributed by atoms with Crippen LogP contribution in [0.5, 0.6) is 0 Å². The fourth-order valence-corrected chi connectivity index (χ4v) is 6.22. The third kappa shape index (κ3) is 3.70. The van der Waals surface area contributed by atoms with Crippen molar-refractivity contribution in [2.75, 3.05) is 0 Å². The molecule has 0 unspecified atom stereocenters. The number of hydrogen-bond donors (Lipinski definition) is 1. The highest BCUT2D eigenvalue weighted by Crippen LogP contribution is 2.15. The van der Waals surface area contributed by atoms with E-state index in [0.717, 1.165) is 6.04 Å². The first-order valence-electron chi connectivity index (χ1n) is 7.10. The summed E-state index contributed by atoms with van der Waals surface area (Å²) in [4.78, 5) is 11.3. The first kappa shape index (κ1) is 15.3. The molecular weight excluding hydrogens is 274 g/mol. The maximum atomic E-state index is 11.3. The van der Waals surface area contributed by atoms with Crippen LogP contribution in [0.25, 0.3) is 0 Å². The molecule has 0 aliphatic carbocycles. The standard InChI is InChI=1S/C18H21NOSi/c1-15(20)13-16(19)14-21(2,17-9-5-3-6-10-17)18-11-7-4-8-12-18/h3-13H,14,19H2,1-2H3/b16-13+. The predicted molar refractivity (Wildman–Crippen MR) is 91.5 cm³/mol. The predicted octanol–water partition coefficient (Wildman–Crippen LogP) is 2.31. The molecule has 0 bridgehead atoms. The number of rotatable bonds is 5. The van der Waals surface area contributed by atoms with E-state index in [4.69, 9.17) is 5.73 Å². The summed E-state index contributed by atoms with van der Waals surface area (Å²) in [6.45, 7) is 3.84. The molecule has 2 aromatic carbocycles. The average molecular weight is 295 g/mol. The van der Waals surface area contributed by atoms with Gasteiger partial charge in [0.25, 0.3) is 0 Å². The smallest absolute Gasteiger partial charge is 0.154 e. The van der Waals surface area contributed by atoms with Crippen LogP contribution in [0.15, 0.2) is 72.4 Å². The Bertz CT molecular complexity index is 595. The van der Waals surface area contributed by atoms with Crippen molar-refractivity contribution in [2.45, 2.75) is 19.5 Å². The molecule has 2 N–H and O–H groups in total. The molecule has 0 aromatic heterocycles. The van der Waals surface area contributed by atoms with Gasteiger partial charge in [0, 0.05) is 5.70 Å². The maximum Gasteiger partial charge on any atom is 0.154 e. The summed E-state index contributed by atoms with van der Waals surface area (Å²) in [6, 6.07) is 21.7. The number of hydrogen-bond acceptors (Lipinski definition) is 2. The molecule has 0 fully saturated rings. The van der Waals surface area contributed by atoms with E-state index in [9.17, 15) is 4.79 Å². The normalized spacial score (nSPS) is 12.2. The van der Waals surface area contributed by atoms with Crippen LogP contribution in [0.3, 0.4) is 0 Å². The van der Waals surface area contributed by atoms with Crippen LogP contribution in [0.4, 0.5) is 0 Å². The Morgan fingerprint density at radius 2 is 1.43 bits per heavy atom. The van der Waals surface area contributed by atoms with Crippen molar-refractivity contribution in [1.29, 1.82) is 0 Å². The van der Waals surface area contributed by atoms with Gasteiger partial charge in [0.05, 0.1) is 0 Å². The van der Waals surface area contributed by atoms with Crippen LogP contribution in [0.1, 0.15) is 6.92 Å². The lowest BCUT2D eigenvalue weighted by Crippen LogP contribution is -2.56. The number of benzene rings is 2. The monoisotopic (exact) mass is 295 g/mol. The summed E-state index contributed by atoms with van der Waals surface area (Å²) in [5.74, 6) is 0.00460. The van der Waals surface area contributed by atoms with Crippen LogP contribution < -0.4 is 16.1 Å². The van der Waals surface area contributed by atoms with E-state index in [2.05, 4.69) is 55.1 Å². The van der Waals surface area contributed by atoms with Crippen molar-refractivity contribution in [3.63, 3.8) is 0 Å². The third-order valence-corrected chi connectivity index (χ3v) is 8.10. The molecule has 0 heterocycles. The zero-order chi connectivity index (χ0) is 15.3. The summed E-state index contributed by atoms with van der Waals surface area (Å²) < 4.78 is 0. The zero-order valence-corrected chi connectivity index (χ0v) is 13.5. The molecule has 0 saturated carbocycles. The minimum Gasteiger partial charge on any atom is -0.402 e. The van der Waals surface area contributed by atoms with Crippen molar-refractivity contribution in [3.8, 4) is 0 Å².